The summed E-state index contributed by atoms with van der Waals surface area (Å²) in [6, 6.07) is 12.9. The molecule has 9 heteroatoms. The zero-order valence-corrected chi connectivity index (χ0v) is 23.8. The molecular formula is C30H39ClFN3O4. The number of aromatic nitrogens is 1. The number of carbonyl (C=O) groups excluding carboxylic acids is 1. The Morgan fingerprint density at radius 3 is 2.54 bits per heavy atom. The highest BCUT2D eigenvalue weighted by atomic mass is 35.5. The van der Waals surface area contributed by atoms with Crippen LogP contribution in [0, 0.1) is 5.82 Å². The summed E-state index contributed by atoms with van der Waals surface area (Å²) < 4.78 is 33.5. The van der Waals surface area contributed by atoms with E-state index in [4.69, 9.17) is 25.8 Å². The van der Waals surface area contributed by atoms with Crippen molar-refractivity contribution in [3.8, 4) is 0 Å². The van der Waals surface area contributed by atoms with E-state index in [2.05, 4.69) is 9.88 Å². The third kappa shape index (κ3) is 8.93. The quantitative estimate of drug-likeness (QED) is 0.292. The molecule has 4 rings (SSSR count). The monoisotopic (exact) mass is 559 g/mol. The topological polar surface area (TPSA) is 65.0 Å². The summed E-state index contributed by atoms with van der Waals surface area (Å²) in [7, 11) is 0. The number of nitrogens with one attached hydrogen (secondary N) is 1. The van der Waals surface area contributed by atoms with E-state index < -0.39 is 5.60 Å². The zero-order valence-electron chi connectivity index (χ0n) is 23.1. The number of ether oxygens (including phenoxy) is 3. The van der Waals surface area contributed by atoms with Gasteiger partial charge in [-0.05, 0) is 75.1 Å². The first kappa shape index (κ1) is 29.3. The van der Waals surface area contributed by atoms with E-state index in [1.807, 2.05) is 57.3 Å². The molecule has 0 unspecified atom stereocenters. The number of rotatable bonds is 11. The summed E-state index contributed by atoms with van der Waals surface area (Å²) in [5, 5.41) is 5.08. The van der Waals surface area contributed by atoms with Crippen LogP contribution in [0.3, 0.4) is 0 Å². The summed E-state index contributed by atoms with van der Waals surface area (Å²) in [4.78, 5) is 13.9. The molecule has 0 aliphatic carbocycles. The van der Waals surface area contributed by atoms with Crippen molar-refractivity contribution in [3.05, 3.63) is 70.6 Å². The summed E-state index contributed by atoms with van der Waals surface area (Å²) in [6.45, 7) is 10.3. The number of amides is 1. The molecule has 2 heterocycles. The van der Waals surface area contributed by atoms with Crippen molar-refractivity contribution in [1.29, 1.82) is 0 Å². The summed E-state index contributed by atoms with van der Waals surface area (Å²) >= 11 is 5.99. The number of benzene rings is 2. The Hall–Kier alpha value is -2.65. The van der Waals surface area contributed by atoms with Gasteiger partial charge in [0, 0.05) is 49.3 Å². The first-order chi connectivity index (χ1) is 18.7. The van der Waals surface area contributed by atoms with Gasteiger partial charge in [-0.3, -0.25) is 0 Å². The van der Waals surface area contributed by atoms with E-state index in [0.29, 0.717) is 57.6 Å². The van der Waals surface area contributed by atoms with Gasteiger partial charge in [0.15, 0.2) is 0 Å². The molecule has 1 amide bonds. The molecule has 1 aliphatic heterocycles. The third-order valence-corrected chi connectivity index (χ3v) is 6.87. The molecule has 1 N–H and O–H groups in total. The van der Waals surface area contributed by atoms with Crippen molar-refractivity contribution < 1.29 is 23.4 Å². The molecule has 0 atom stereocenters. The number of likely N-dealkylation sites (tertiary alicyclic amines) is 1. The predicted octanol–water partition coefficient (Wildman–Crippen LogP) is 6.00. The molecule has 1 aliphatic rings. The Kier molecular flexibility index (Phi) is 10.2. The third-order valence-electron chi connectivity index (χ3n) is 6.62. The molecule has 0 saturated carbocycles. The standard InChI is InChI=1S/C30H39ClFN3O4/c1-30(2,3)39-29(36)34-12-8-26(9-13-34)38-17-16-37-15-11-33-20-23-18-25(32)19-28-27(23)10-14-35(28)21-22-4-6-24(31)7-5-22/h4-7,10,14,18-19,26,33H,8-9,11-13,15-17,20-21H2,1-3H3. The van der Waals surface area contributed by atoms with Crippen LogP contribution in [0.5, 0.6) is 0 Å². The second kappa shape index (κ2) is 13.6. The lowest BCUT2D eigenvalue weighted by Gasteiger charge is -2.33. The fourth-order valence-electron chi connectivity index (χ4n) is 4.68. The van der Waals surface area contributed by atoms with E-state index in [-0.39, 0.29) is 18.0 Å². The van der Waals surface area contributed by atoms with Crippen LogP contribution in [0.4, 0.5) is 9.18 Å². The van der Waals surface area contributed by atoms with Crippen LogP contribution in [0.2, 0.25) is 5.02 Å². The van der Waals surface area contributed by atoms with Gasteiger partial charge in [0.1, 0.15) is 11.4 Å². The van der Waals surface area contributed by atoms with E-state index in [9.17, 15) is 9.18 Å². The highest BCUT2D eigenvalue weighted by Gasteiger charge is 2.27. The number of hydrogen-bond acceptors (Lipinski definition) is 5. The molecule has 212 valence electrons. The zero-order chi connectivity index (χ0) is 27.8. The van der Waals surface area contributed by atoms with Crippen LogP contribution in [0.25, 0.3) is 10.9 Å². The molecule has 7 nitrogen and oxygen atoms in total. The van der Waals surface area contributed by atoms with Gasteiger partial charge in [0.05, 0.1) is 31.4 Å². The molecule has 0 radical (unpaired) electrons. The predicted molar refractivity (Wildman–Crippen MR) is 152 cm³/mol. The molecule has 2 aromatic carbocycles. The molecule has 39 heavy (non-hydrogen) atoms. The van der Waals surface area contributed by atoms with Gasteiger partial charge < -0.3 is 29.0 Å². The molecule has 0 bridgehead atoms. The normalized spacial score (nSPS) is 14.7. The summed E-state index contributed by atoms with van der Waals surface area (Å²) in [5.74, 6) is -0.249. The smallest absolute Gasteiger partial charge is 0.410 e. The number of piperidine rings is 1. The first-order valence-electron chi connectivity index (χ1n) is 13.6. The SMILES string of the molecule is CC(C)(C)OC(=O)N1CCC(OCCOCCNCc2cc(F)cc3c2ccn3Cc2ccc(Cl)cc2)CC1. The first-order valence-corrected chi connectivity index (χ1v) is 14.0. The Balaban J connectivity index is 1.12. The lowest BCUT2D eigenvalue weighted by atomic mass is 10.1. The fourth-order valence-corrected chi connectivity index (χ4v) is 4.80. The van der Waals surface area contributed by atoms with Gasteiger partial charge in [-0.15, -0.1) is 0 Å². The van der Waals surface area contributed by atoms with Crippen LogP contribution >= 0.6 is 11.6 Å². The van der Waals surface area contributed by atoms with E-state index in [1.54, 1.807) is 17.0 Å². The molecule has 0 spiro atoms. The summed E-state index contributed by atoms with van der Waals surface area (Å²) in [6.07, 6.45) is 3.46. The van der Waals surface area contributed by atoms with Crippen molar-refractivity contribution in [2.75, 3.05) is 39.5 Å². The second-order valence-corrected chi connectivity index (χ2v) is 11.3. The second-order valence-electron chi connectivity index (χ2n) is 10.9. The average Bonchev–Trinajstić information content (AvgIpc) is 3.28. The van der Waals surface area contributed by atoms with E-state index in [1.165, 1.54) is 0 Å². The highest BCUT2D eigenvalue weighted by molar-refractivity contribution is 6.30. The van der Waals surface area contributed by atoms with Crippen molar-refractivity contribution in [3.63, 3.8) is 0 Å². The molecular weight excluding hydrogens is 521 g/mol. The Morgan fingerprint density at radius 1 is 1.08 bits per heavy atom. The molecule has 3 aromatic rings. The van der Waals surface area contributed by atoms with Crippen molar-refractivity contribution in [1.82, 2.24) is 14.8 Å². The van der Waals surface area contributed by atoms with Gasteiger partial charge >= 0.3 is 6.09 Å². The average molecular weight is 560 g/mol. The number of nitrogens with zero attached hydrogens (tertiary/aromatic N) is 2. The molecule has 1 saturated heterocycles. The maximum absolute atomic E-state index is 14.4. The van der Waals surface area contributed by atoms with Gasteiger partial charge in [0.25, 0.3) is 0 Å². The highest BCUT2D eigenvalue weighted by Crippen LogP contribution is 2.24. The Labute approximate surface area is 235 Å². The number of carbonyl (C=O) groups is 1. The summed E-state index contributed by atoms with van der Waals surface area (Å²) in [5.41, 5.74) is 2.41. The van der Waals surface area contributed by atoms with Crippen LogP contribution in [0.1, 0.15) is 44.7 Å². The lowest BCUT2D eigenvalue weighted by molar-refractivity contribution is -0.0289. The minimum absolute atomic E-state index is 0.132. The van der Waals surface area contributed by atoms with E-state index >= 15 is 0 Å². The molecule has 1 aromatic heterocycles. The number of fused-ring (bicyclic) bond motifs is 1. The largest absolute Gasteiger partial charge is 0.444 e. The van der Waals surface area contributed by atoms with Gasteiger partial charge in [0.2, 0.25) is 0 Å². The fraction of sp³-hybridized carbons (Fsp3) is 0.500. The van der Waals surface area contributed by atoms with Crippen molar-refractivity contribution >= 4 is 28.6 Å². The maximum atomic E-state index is 14.4. The minimum Gasteiger partial charge on any atom is -0.444 e. The van der Waals surface area contributed by atoms with Crippen LogP contribution in [-0.4, -0.2) is 66.7 Å². The van der Waals surface area contributed by atoms with Gasteiger partial charge in [-0.2, -0.15) is 0 Å². The lowest BCUT2D eigenvalue weighted by Crippen LogP contribution is -2.43. The van der Waals surface area contributed by atoms with Crippen LogP contribution in [-0.2, 0) is 27.3 Å². The van der Waals surface area contributed by atoms with Crippen molar-refractivity contribution in [2.45, 2.75) is 58.4 Å². The number of hydrogen-bond donors (Lipinski definition) is 1. The van der Waals surface area contributed by atoms with E-state index in [0.717, 1.165) is 34.9 Å². The Morgan fingerprint density at radius 2 is 1.82 bits per heavy atom. The Bertz CT molecular complexity index is 1220. The minimum atomic E-state index is -0.481. The van der Waals surface area contributed by atoms with Crippen LogP contribution in [0.15, 0.2) is 48.7 Å². The van der Waals surface area contributed by atoms with Gasteiger partial charge in [-0.25, -0.2) is 9.18 Å². The number of halogens is 2. The molecule has 1 fully saturated rings. The maximum Gasteiger partial charge on any atom is 0.410 e. The van der Waals surface area contributed by atoms with Gasteiger partial charge in [-0.1, -0.05) is 23.7 Å². The van der Waals surface area contributed by atoms with Crippen molar-refractivity contribution in [2.24, 2.45) is 0 Å². The van der Waals surface area contributed by atoms with Crippen LogP contribution < -0.4 is 5.32 Å².